The van der Waals surface area contributed by atoms with Gasteiger partial charge in [-0.05, 0) is 26.7 Å². The van der Waals surface area contributed by atoms with Crippen molar-refractivity contribution < 1.29 is 22.8 Å². The molecule has 0 aromatic heterocycles. The molecule has 0 N–H and O–H groups in total. The van der Waals surface area contributed by atoms with E-state index in [0.29, 0.717) is 39.1 Å². The second kappa shape index (κ2) is 10.9. The summed E-state index contributed by atoms with van der Waals surface area (Å²) in [5.41, 5.74) is 0. The van der Waals surface area contributed by atoms with Gasteiger partial charge in [0.1, 0.15) is 6.79 Å². The first-order valence-corrected chi connectivity index (χ1v) is 8.55. The van der Waals surface area contributed by atoms with E-state index in [4.69, 9.17) is 22.8 Å². The van der Waals surface area contributed by atoms with Crippen LogP contribution in [0.2, 0.25) is 6.04 Å². The second-order valence-corrected chi connectivity index (χ2v) is 6.71. The van der Waals surface area contributed by atoms with Crippen molar-refractivity contribution in [2.45, 2.75) is 33.7 Å². The predicted octanol–water partition coefficient (Wildman–Crippen LogP) is 2.29. The third-order valence-corrected chi connectivity index (χ3v) is 5.68. The van der Waals surface area contributed by atoms with Crippen LogP contribution in [-0.4, -0.2) is 49.1 Å². The van der Waals surface area contributed by atoms with Crippen LogP contribution in [0.15, 0.2) is 0 Å². The van der Waals surface area contributed by atoms with Gasteiger partial charge >= 0.3 is 8.80 Å². The summed E-state index contributed by atoms with van der Waals surface area (Å²) in [7, 11) is -0.924. The lowest BCUT2D eigenvalue weighted by Gasteiger charge is -2.30. The van der Waals surface area contributed by atoms with E-state index >= 15 is 0 Å². The van der Waals surface area contributed by atoms with Crippen LogP contribution in [-0.2, 0) is 22.8 Å². The van der Waals surface area contributed by atoms with E-state index in [0.717, 1.165) is 6.04 Å². The highest BCUT2D eigenvalue weighted by Crippen LogP contribution is 2.21. The minimum absolute atomic E-state index is 0.316. The summed E-state index contributed by atoms with van der Waals surface area (Å²) in [6.45, 7) is 10.8. The Morgan fingerprint density at radius 2 is 1.44 bits per heavy atom. The Morgan fingerprint density at radius 3 is 1.83 bits per heavy atom. The maximum absolute atomic E-state index is 5.80. The fraction of sp³-hybridized carbons (Fsp3) is 1.00. The van der Waals surface area contributed by atoms with Crippen molar-refractivity contribution in [1.29, 1.82) is 0 Å². The third kappa shape index (κ3) is 7.45. The Morgan fingerprint density at radius 1 is 0.944 bits per heavy atom. The monoisotopic (exact) mass is 280 g/mol. The average Bonchev–Trinajstić information content (AvgIpc) is 2.30. The maximum atomic E-state index is 5.80. The molecule has 0 aromatic rings. The smallest absolute Gasteiger partial charge is 0.374 e. The fourth-order valence-electron chi connectivity index (χ4n) is 1.78. The van der Waals surface area contributed by atoms with Gasteiger partial charge < -0.3 is 22.8 Å². The zero-order valence-electron chi connectivity index (χ0n) is 12.4. The number of hydrogen-bond donors (Lipinski definition) is 0. The van der Waals surface area contributed by atoms with Gasteiger partial charge in [0, 0.05) is 33.0 Å². The van der Waals surface area contributed by atoms with Gasteiger partial charge in [0.25, 0.3) is 0 Å². The highest BCUT2D eigenvalue weighted by Gasteiger charge is 2.41. The summed E-state index contributed by atoms with van der Waals surface area (Å²) in [5.74, 6) is 0.316. The third-order valence-electron chi connectivity index (χ3n) is 2.29. The molecule has 0 radical (unpaired) electrons. The van der Waals surface area contributed by atoms with E-state index < -0.39 is 8.80 Å². The molecule has 6 heteroatoms. The van der Waals surface area contributed by atoms with Crippen LogP contribution in [0.5, 0.6) is 0 Å². The van der Waals surface area contributed by atoms with Crippen molar-refractivity contribution in [2.24, 2.45) is 5.92 Å². The summed E-state index contributed by atoms with van der Waals surface area (Å²) < 4.78 is 27.6. The van der Waals surface area contributed by atoms with E-state index in [1.807, 2.05) is 20.8 Å². The molecule has 0 heterocycles. The highest BCUT2D eigenvalue weighted by atomic mass is 28.4. The lowest BCUT2D eigenvalue weighted by Crippen LogP contribution is -2.47. The molecule has 0 aliphatic rings. The van der Waals surface area contributed by atoms with Gasteiger partial charge in [0.15, 0.2) is 0 Å². The average molecular weight is 280 g/mol. The van der Waals surface area contributed by atoms with Gasteiger partial charge in [-0.1, -0.05) is 6.92 Å². The first kappa shape index (κ1) is 18.0. The summed E-state index contributed by atoms with van der Waals surface area (Å²) in [6, 6.07) is 0.770. The molecular formula is C12H28O5Si. The minimum atomic E-state index is -2.54. The molecule has 1 unspecified atom stereocenters. The molecule has 0 spiro atoms. The van der Waals surface area contributed by atoms with Crippen LogP contribution in [0.3, 0.4) is 0 Å². The molecule has 0 aromatic carbocycles. The predicted molar refractivity (Wildman–Crippen MR) is 72.4 cm³/mol. The Labute approximate surface area is 112 Å². The van der Waals surface area contributed by atoms with Crippen LogP contribution in [0.1, 0.15) is 27.7 Å². The van der Waals surface area contributed by atoms with E-state index in [2.05, 4.69) is 6.92 Å². The lowest BCUT2D eigenvalue weighted by molar-refractivity contribution is -0.0421. The molecule has 0 saturated heterocycles. The fourth-order valence-corrected chi connectivity index (χ4v) is 4.67. The van der Waals surface area contributed by atoms with Crippen LogP contribution in [0.4, 0.5) is 0 Å². The lowest BCUT2D eigenvalue weighted by atomic mass is 10.2. The Kier molecular flexibility index (Phi) is 10.9. The molecule has 110 valence electrons. The SMILES string of the molecule is CCO[Si](CC(C)COCOC)(OCC)OCC. The van der Waals surface area contributed by atoms with Crippen LogP contribution < -0.4 is 0 Å². The summed E-state index contributed by atoms with van der Waals surface area (Å²) in [4.78, 5) is 0. The molecule has 0 aliphatic carbocycles. The van der Waals surface area contributed by atoms with Gasteiger partial charge in [0.2, 0.25) is 0 Å². The first-order chi connectivity index (χ1) is 8.64. The number of rotatable bonds is 12. The van der Waals surface area contributed by atoms with Crippen molar-refractivity contribution in [3.05, 3.63) is 0 Å². The zero-order chi connectivity index (χ0) is 13.9. The van der Waals surface area contributed by atoms with Crippen LogP contribution in [0, 0.1) is 5.92 Å². The minimum Gasteiger partial charge on any atom is -0.374 e. The quantitative estimate of drug-likeness (QED) is 0.312. The van der Waals surface area contributed by atoms with Gasteiger partial charge in [0.05, 0.1) is 6.61 Å². The molecule has 5 nitrogen and oxygen atoms in total. The van der Waals surface area contributed by atoms with Crippen molar-refractivity contribution in [2.75, 3.05) is 40.3 Å². The normalized spacial score (nSPS) is 13.8. The van der Waals surface area contributed by atoms with Crippen molar-refractivity contribution in [3.63, 3.8) is 0 Å². The standard InChI is InChI=1S/C12H28O5Si/c1-6-15-18(16-7-2,17-8-3)10-12(4)9-14-11-13-5/h12H,6-11H2,1-5H3. The molecule has 0 aliphatic heterocycles. The first-order valence-electron chi connectivity index (χ1n) is 6.62. The number of methoxy groups -OCH3 is 1. The van der Waals surface area contributed by atoms with Crippen molar-refractivity contribution in [3.8, 4) is 0 Å². The molecular weight excluding hydrogens is 252 g/mol. The van der Waals surface area contributed by atoms with Gasteiger partial charge in [-0.2, -0.15) is 0 Å². The molecule has 1 atom stereocenters. The number of ether oxygens (including phenoxy) is 2. The van der Waals surface area contributed by atoms with Crippen LogP contribution in [0.25, 0.3) is 0 Å². The maximum Gasteiger partial charge on any atom is 0.501 e. The zero-order valence-corrected chi connectivity index (χ0v) is 13.4. The topological polar surface area (TPSA) is 46.2 Å². The van der Waals surface area contributed by atoms with Crippen LogP contribution >= 0.6 is 0 Å². The molecule has 0 saturated carbocycles. The Hall–Kier alpha value is 0.0169. The van der Waals surface area contributed by atoms with Gasteiger partial charge in [-0.15, -0.1) is 0 Å². The Balaban J connectivity index is 4.34. The second-order valence-electron chi connectivity index (χ2n) is 4.07. The van der Waals surface area contributed by atoms with E-state index in [9.17, 15) is 0 Å². The van der Waals surface area contributed by atoms with Gasteiger partial charge in [-0.3, -0.25) is 0 Å². The van der Waals surface area contributed by atoms with Gasteiger partial charge in [-0.25, -0.2) is 0 Å². The van der Waals surface area contributed by atoms with E-state index in [1.54, 1.807) is 7.11 Å². The molecule has 0 rings (SSSR count). The molecule has 18 heavy (non-hydrogen) atoms. The molecule has 0 fully saturated rings. The highest BCUT2D eigenvalue weighted by molar-refractivity contribution is 6.60. The van der Waals surface area contributed by atoms with E-state index in [-0.39, 0.29) is 0 Å². The van der Waals surface area contributed by atoms with Crippen molar-refractivity contribution >= 4 is 8.80 Å². The Bertz CT molecular complexity index is 174. The molecule has 0 bridgehead atoms. The number of hydrogen-bond acceptors (Lipinski definition) is 5. The van der Waals surface area contributed by atoms with E-state index in [1.165, 1.54) is 0 Å². The summed E-state index contributed by atoms with van der Waals surface area (Å²) >= 11 is 0. The van der Waals surface area contributed by atoms with Crippen molar-refractivity contribution in [1.82, 2.24) is 0 Å². The largest absolute Gasteiger partial charge is 0.501 e. The summed E-state index contributed by atoms with van der Waals surface area (Å²) in [6.07, 6.45) is 0. The molecule has 0 amide bonds. The summed E-state index contributed by atoms with van der Waals surface area (Å²) in [5, 5.41) is 0.